The van der Waals surface area contributed by atoms with E-state index < -0.39 is 0 Å². The Balaban J connectivity index is 1.86. The van der Waals surface area contributed by atoms with Gasteiger partial charge >= 0.3 is 0 Å². The highest BCUT2D eigenvalue weighted by Crippen LogP contribution is 2.23. The molecule has 3 aromatic rings. The van der Waals surface area contributed by atoms with E-state index in [0.717, 1.165) is 29.9 Å². The molecule has 1 aromatic heterocycles. The predicted octanol–water partition coefficient (Wildman–Crippen LogP) is 3.72. The molecular formula is C19H21N3O. The Hall–Kier alpha value is -2.46. The van der Waals surface area contributed by atoms with E-state index >= 15 is 0 Å². The number of hydrogen-bond donors (Lipinski definition) is 0. The molecule has 2 aromatic carbocycles. The summed E-state index contributed by atoms with van der Waals surface area (Å²) in [7, 11) is 0. The largest absolute Gasteiger partial charge is 0.375 e. The molecule has 118 valence electrons. The fourth-order valence-electron chi connectivity index (χ4n) is 2.59. The van der Waals surface area contributed by atoms with Crippen LogP contribution in [-0.4, -0.2) is 21.6 Å². The minimum Gasteiger partial charge on any atom is -0.375 e. The molecule has 0 aliphatic carbocycles. The molecule has 0 aliphatic rings. The van der Waals surface area contributed by atoms with Crippen LogP contribution >= 0.6 is 0 Å². The maximum absolute atomic E-state index is 5.54. The van der Waals surface area contributed by atoms with E-state index in [0.29, 0.717) is 13.2 Å². The topological polar surface area (TPSA) is 39.9 Å². The van der Waals surface area contributed by atoms with Gasteiger partial charge in [0.15, 0.2) is 0 Å². The number of rotatable bonds is 7. The van der Waals surface area contributed by atoms with Crippen molar-refractivity contribution in [2.24, 2.45) is 0 Å². The Labute approximate surface area is 136 Å². The van der Waals surface area contributed by atoms with Crippen LogP contribution < -0.4 is 0 Å². The van der Waals surface area contributed by atoms with E-state index in [4.69, 9.17) is 4.74 Å². The number of hydrogen-bond acceptors (Lipinski definition) is 3. The van der Waals surface area contributed by atoms with Gasteiger partial charge in [-0.2, -0.15) is 0 Å². The predicted molar refractivity (Wildman–Crippen MR) is 90.9 cm³/mol. The van der Waals surface area contributed by atoms with Crippen molar-refractivity contribution in [2.75, 3.05) is 6.61 Å². The molecule has 0 radical (unpaired) electrons. The smallest absolute Gasteiger partial charge is 0.116 e. The standard InChI is InChI=1S/C19H21N3O/c1-2-23-15-18-19(17-11-7-4-8-12-17)22(21-20-18)14-13-16-9-5-3-6-10-16/h3-12H,2,13-15H2,1H3. The molecule has 0 atom stereocenters. The highest BCUT2D eigenvalue weighted by atomic mass is 16.5. The van der Waals surface area contributed by atoms with Crippen molar-refractivity contribution >= 4 is 0 Å². The van der Waals surface area contributed by atoms with Crippen molar-refractivity contribution in [2.45, 2.75) is 26.5 Å². The lowest BCUT2D eigenvalue weighted by atomic mass is 10.1. The normalized spacial score (nSPS) is 10.8. The summed E-state index contributed by atoms with van der Waals surface area (Å²) in [5.41, 5.74) is 4.37. The molecule has 1 heterocycles. The second kappa shape index (κ2) is 7.70. The Kier molecular flexibility index (Phi) is 5.17. The van der Waals surface area contributed by atoms with Gasteiger partial charge in [0, 0.05) is 18.7 Å². The zero-order valence-corrected chi connectivity index (χ0v) is 13.4. The van der Waals surface area contributed by atoms with Gasteiger partial charge in [-0.3, -0.25) is 0 Å². The molecule has 0 saturated heterocycles. The van der Waals surface area contributed by atoms with Gasteiger partial charge in [-0.25, -0.2) is 4.68 Å². The molecule has 0 aliphatic heterocycles. The number of aromatic nitrogens is 3. The summed E-state index contributed by atoms with van der Waals surface area (Å²) in [5, 5.41) is 8.68. The lowest BCUT2D eigenvalue weighted by Gasteiger charge is -2.09. The summed E-state index contributed by atoms with van der Waals surface area (Å²) in [6.45, 7) is 3.95. The highest BCUT2D eigenvalue weighted by molar-refractivity contribution is 5.61. The Bertz CT molecular complexity index is 723. The first-order valence-corrected chi connectivity index (χ1v) is 7.98. The minimum atomic E-state index is 0.492. The number of nitrogens with zero attached hydrogens (tertiary/aromatic N) is 3. The molecule has 0 amide bonds. The SMILES string of the molecule is CCOCc1nnn(CCc2ccccc2)c1-c1ccccc1. The van der Waals surface area contributed by atoms with Gasteiger partial charge in [-0.15, -0.1) is 5.10 Å². The average Bonchev–Trinajstić information content (AvgIpc) is 3.02. The maximum atomic E-state index is 5.54. The van der Waals surface area contributed by atoms with Gasteiger partial charge in [-0.1, -0.05) is 65.9 Å². The summed E-state index contributed by atoms with van der Waals surface area (Å²) in [5.74, 6) is 0. The van der Waals surface area contributed by atoms with E-state index in [1.165, 1.54) is 5.56 Å². The van der Waals surface area contributed by atoms with Crippen LogP contribution in [0.1, 0.15) is 18.2 Å². The molecule has 0 unspecified atom stereocenters. The number of benzene rings is 2. The average molecular weight is 307 g/mol. The van der Waals surface area contributed by atoms with Crippen LogP contribution in [0, 0.1) is 0 Å². The lowest BCUT2D eigenvalue weighted by molar-refractivity contribution is 0.131. The van der Waals surface area contributed by atoms with E-state index in [2.05, 4.69) is 46.7 Å². The third-order valence-corrected chi connectivity index (χ3v) is 3.75. The molecular weight excluding hydrogens is 286 g/mol. The quantitative estimate of drug-likeness (QED) is 0.668. The first kappa shape index (κ1) is 15.4. The van der Waals surface area contributed by atoms with Crippen LogP contribution in [-0.2, 0) is 24.3 Å². The van der Waals surface area contributed by atoms with Gasteiger partial charge in [0.25, 0.3) is 0 Å². The molecule has 0 spiro atoms. The van der Waals surface area contributed by atoms with Crippen LogP contribution in [0.5, 0.6) is 0 Å². The fourth-order valence-corrected chi connectivity index (χ4v) is 2.59. The third-order valence-electron chi connectivity index (χ3n) is 3.75. The second-order valence-electron chi connectivity index (χ2n) is 5.35. The zero-order valence-electron chi connectivity index (χ0n) is 13.4. The van der Waals surface area contributed by atoms with E-state index in [1.54, 1.807) is 0 Å². The van der Waals surface area contributed by atoms with Gasteiger partial charge in [0.05, 0.1) is 12.3 Å². The highest BCUT2D eigenvalue weighted by Gasteiger charge is 2.14. The van der Waals surface area contributed by atoms with Crippen LogP contribution in [0.25, 0.3) is 11.3 Å². The van der Waals surface area contributed by atoms with Crippen LogP contribution in [0.15, 0.2) is 60.7 Å². The lowest BCUT2D eigenvalue weighted by Crippen LogP contribution is -2.06. The molecule has 3 rings (SSSR count). The molecule has 4 heteroatoms. The Morgan fingerprint density at radius 3 is 2.35 bits per heavy atom. The number of aryl methyl sites for hydroxylation is 2. The van der Waals surface area contributed by atoms with Gasteiger partial charge in [-0.05, 0) is 18.9 Å². The van der Waals surface area contributed by atoms with Crippen molar-refractivity contribution in [3.8, 4) is 11.3 Å². The molecule has 0 saturated carbocycles. The second-order valence-corrected chi connectivity index (χ2v) is 5.35. The Morgan fingerprint density at radius 2 is 1.65 bits per heavy atom. The zero-order chi connectivity index (χ0) is 15.9. The fraction of sp³-hybridized carbons (Fsp3) is 0.263. The summed E-state index contributed by atoms with van der Waals surface area (Å²) >= 11 is 0. The van der Waals surface area contributed by atoms with Crippen LogP contribution in [0.3, 0.4) is 0 Å². The molecule has 0 bridgehead atoms. The summed E-state index contributed by atoms with van der Waals surface area (Å²) in [6.07, 6.45) is 0.929. The summed E-state index contributed by atoms with van der Waals surface area (Å²) in [4.78, 5) is 0. The van der Waals surface area contributed by atoms with Crippen molar-refractivity contribution in [3.05, 3.63) is 71.9 Å². The van der Waals surface area contributed by atoms with E-state index in [1.807, 2.05) is 35.9 Å². The summed E-state index contributed by atoms with van der Waals surface area (Å²) in [6, 6.07) is 20.7. The van der Waals surface area contributed by atoms with Crippen LogP contribution in [0.2, 0.25) is 0 Å². The maximum Gasteiger partial charge on any atom is 0.116 e. The van der Waals surface area contributed by atoms with Crippen molar-refractivity contribution < 1.29 is 4.74 Å². The van der Waals surface area contributed by atoms with Crippen molar-refractivity contribution in [3.63, 3.8) is 0 Å². The molecule has 0 N–H and O–H groups in total. The van der Waals surface area contributed by atoms with Gasteiger partial charge in [0.1, 0.15) is 5.69 Å². The first-order chi connectivity index (χ1) is 11.4. The summed E-state index contributed by atoms with van der Waals surface area (Å²) < 4.78 is 7.52. The number of ether oxygens (including phenoxy) is 1. The van der Waals surface area contributed by atoms with E-state index in [-0.39, 0.29) is 0 Å². The Morgan fingerprint density at radius 1 is 0.957 bits per heavy atom. The minimum absolute atomic E-state index is 0.492. The molecule has 0 fully saturated rings. The van der Waals surface area contributed by atoms with Crippen molar-refractivity contribution in [1.29, 1.82) is 0 Å². The van der Waals surface area contributed by atoms with Crippen LogP contribution in [0.4, 0.5) is 0 Å². The molecule has 4 nitrogen and oxygen atoms in total. The molecule has 23 heavy (non-hydrogen) atoms. The monoisotopic (exact) mass is 307 g/mol. The first-order valence-electron chi connectivity index (χ1n) is 7.98. The van der Waals surface area contributed by atoms with Gasteiger partial charge < -0.3 is 4.74 Å². The third kappa shape index (κ3) is 3.85. The van der Waals surface area contributed by atoms with Gasteiger partial charge in [0.2, 0.25) is 0 Å². The van der Waals surface area contributed by atoms with Crippen molar-refractivity contribution in [1.82, 2.24) is 15.0 Å². The van der Waals surface area contributed by atoms with E-state index in [9.17, 15) is 0 Å².